The quantitative estimate of drug-likeness (QED) is 0.797. The fourth-order valence-corrected chi connectivity index (χ4v) is 3.19. The average Bonchev–Trinajstić information content (AvgIpc) is 2.86. The molecule has 0 spiro atoms. The molecular formula is C19H19NO4. The van der Waals surface area contributed by atoms with Crippen LogP contribution < -0.4 is 5.73 Å². The van der Waals surface area contributed by atoms with Crippen molar-refractivity contribution in [1.29, 1.82) is 0 Å². The predicted octanol–water partition coefficient (Wildman–Crippen LogP) is 2.53. The molecule has 0 bridgehead atoms. The lowest BCUT2D eigenvalue weighted by atomic mass is 9.98. The zero-order chi connectivity index (χ0) is 17.1. The van der Waals surface area contributed by atoms with Crippen LogP contribution in [-0.4, -0.2) is 29.7 Å². The maximum atomic E-state index is 11.9. The molecule has 0 aliphatic heterocycles. The molecule has 24 heavy (non-hydrogen) atoms. The zero-order valence-corrected chi connectivity index (χ0v) is 13.1. The van der Waals surface area contributed by atoms with E-state index in [1.807, 2.05) is 36.4 Å². The van der Waals surface area contributed by atoms with Crippen molar-refractivity contribution >= 4 is 11.9 Å². The van der Waals surface area contributed by atoms with Gasteiger partial charge in [-0.2, -0.15) is 0 Å². The molecule has 0 aromatic heterocycles. The van der Waals surface area contributed by atoms with Gasteiger partial charge in [0, 0.05) is 12.0 Å². The Morgan fingerprint density at radius 2 is 1.54 bits per heavy atom. The van der Waals surface area contributed by atoms with Gasteiger partial charge in [-0.15, -0.1) is 0 Å². The minimum Gasteiger partial charge on any atom is -0.481 e. The second-order valence-corrected chi connectivity index (χ2v) is 5.97. The zero-order valence-electron chi connectivity index (χ0n) is 13.1. The van der Waals surface area contributed by atoms with Crippen LogP contribution in [0.2, 0.25) is 0 Å². The van der Waals surface area contributed by atoms with E-state index in [-0.39, 0.29) is 25.4 Å². The highest BCUT2D eigenvalue weighted by Gasteiger charge is 2.29. The summed E-state index contributed by atoms with van der Waals surface area (Å²) >= 11 is 0. The first-order valence-electron chi connectivity index (χ1n) is 7.87. The highest BCUT2D eigenvalue weighted by molar-refractivity contribution is 5.79. The molecule has 0 radical (unpaired) electrons. The lowest BCUT2D eigenvalue weighted by Crippen LogP contribution is -2.28. The normalized spacial score (nSPS) is 13.9. The van der Waals surface area contributed by atoms with E-state index < -0.39 is 18.0 Å². The standard InChI is InChI=1S/C19H19NO4/c20-12(9-18(21)22)10-19(23)24-11-17-15-7-3-1-5-13(15)14-6-2-4-8-16(14)17/h1-8,12,17H,9-11,20H2,(H,21,22). The fraction of sp³-hybridized carbons (Fsp3) is 0.263. The van der Waals surface area contributed by atoms with E-state index in [0.717, 1.165) is 22.3 Å². The number of rotatable bonds is 6. The summed E-state index contributed by atoms with van der Waals surface area (Å²) in [6.45, 7) is 0.229. The average molecular weight is 325 g/mol. The van der Waals surface area contributed by atoms with Crippen LogP contribution in [0.5, 0.6) is 0 Å². The SMILES string of the molecule is NC(CC(=O)O)CC(=O)OCC1c2ccccc2-c2ccccc21. The number of carbonyl (C=O) groups excluding carboxylic acids is 1. The van der Waals surface area contributed by atoms with Gasteiger partial charge in [0.2, 0.25) is 0 Å². The van der Waals surface area contributed by atoms with Gasteiger partial charge in [0.15, 0.2) is 0 Å². The van der Waals surface area contributed by atoms with E-state index >= 15 is 0 Å². The molecule has 1 aliphatic carbocycles. The topological polar surface area (TPSA) is 89.6 Å². The van der Waals surface area contributed by atoms with Crippen LogP contribution in [0, 0.1) is 0 Å². The summed E-state index contributed by atoms with van der Waals surface area (Å²) in [6, 6.07) is 15.4. The fourth-order valence-electron chi connectivity index (χ4n) is 3.19. The molecule has 0 saturated carbocycles. The van der Waals surface area contributed by atoms with E-state index in [9.17, 15) is 9.59 Å². The second kappa shape index (κ2) is 6.84. The van der Waals surface area contributed by atoms with Crippen molar-refractivity contribution in [3.63, 3.8) is 0 Å². The monoisotopic (exact) mass is 325 g/mol. The Morgan fingerprint density at radius 3 is 2.08 bits per heavy atom. The number of benzene rings is 2. The van der Waals surface area contributed by atoms with Gasteiger partial charge in [-0.25, -0.2) is 0 Å². The molecule has 0 heterocycles. The van der Waals surface area contributed by atoms with E-state index in [2.05, 4.69) is 12.1 Å². The molecule has 0 saturated heterocycles. The van der Waals surface area contributed by atoms with Crippen molar-refractivity contribution in [3.05, 3.63) is 59.7 Å². The Balaban J connectivity index is 1.69. The van der Waals surface area contributed by atoms with Gasteiger partial charge in [-0.05, 0) is 22.3 Å². The molecule has 1 atom stereocenters. The number of ether oxygens (including phenoxy) is 1. The molecule has 124 valence electrons. The molecule has 1 unspecified atom stereocenters. The highest BCUT2D eigenvalue weighted by Crippen LogP contribution is 2.44. The first-order valence-corrected chi connectivity index (χ1v) is 7.87. The highest BCUT2D eigenvalue weighted by atomic mass is 16.5. The third-order valence-corrected chi connectivity index (χ3v) is 4.24. The molecular weight excluding hydrogens is 306 g/mol. The molecule has 5 nitrogen and oxygen atoms in total. The Morgan fingerprint density at radius 1 is 1.00 bits per heavy atom. The van der Waals surface area contributed by atoms with E-state index in [1.54, 1.807) is 0 Å². The third-order valence-electron chi connectivity index (χ3n) is 4.24. The van der Waals surface area contributed by atoms with Gasteiger partial charge < -0.3 is 15.6 Å². The summed E-state index contributed by atoms with van der Waals surface area (Å²) in [4.78, 5) is 22.5. The smallest absolute Gasteiger partial charge is 0.307 e. The lowest BCUT2D eigenvalue weighted by molar-refractivity contribution is -0.144. The number of esters is 1. The van der Waals surface area contributed by atoms with E-state index in [0.29, 0.717) is 0 Å². The molecule has 3 rings (SSSR count). The van der Waals surface area contributed by atoms with Gasteiger partial charge in [0.05, 0.1) is 12.8 Å². The first-order chi connectivity index (χ1) is 11.6. The Bertz CT molecular complexity index is 726. The molecule has 0 amide bonds. The maximum Gasteiger partial charge on any atom is 0.307 e. The summed E-state index contributed by atoms with van der Waals surface area (Å²) in [7, 11) is 0. The molecule has 2 aromatic carbocycles. The summed E-state index contributed by atoms with van der Waals surface area (Å²) in [5.41, 5.74) is 10.2. The summed E-state index contributed by atoms with van der Waals surface area (Å²) in [5, 5.41) is 8.69. The van der Waals surface area contributed by atoms with E-state index in [4.69, 9.17) is 15.6 Å². The van der Waals surface area contributed by atoms with Gasteiger partial charge in [-0.3, -0.25) is 9.59 Å². The van der Waals surface area contributed by atoms with E-state index in [1.165, 1.54) is 0 Å². The van der Waals surface area contributed by atoms with Crippen molar-refractivity contribution in [2.75, 3.05) is 6.61 Å². The second-order valence-electron chi connectivity index (χ2n) is 5.97. The Labute approximate surface area is 140 Å². The number of carboxylic acid groups (broad SMARTS) is 1. The van der Waals surface area contributed by atoms with Crippen LogP contribution >= 0.6 is 0 Å². The van der Waals surface area contributed by atoms with Crippen molar-refractivity contribution in [2.45, 2.75) is 24.8 Å². The van der Waals surface area contributed by atoms with Crippen LogP contribution in [0.1, 0.15) is 29.9 Å². The van der Waals surface area contributed by atoms with Crippen LogP contribution in [0.4, 0.5) is 0 Å². The first kappa shape index (κ1) is 16.2. The Hall–Kier alpha value is -2.66. The number of aliphatic carboxylic acids is 1. The largest absolute Gasteiger partial charge is 0.481 e. The van der Waals surface area contributed by atoms with Crippen LogP contribution in [-0.2, 0) is 14.3 Å². The molecule has 5 heteroatoms. The van der Waals surface area contributed by atoms with Crippen molar-refractivity contribution < 1.29 is 19.4 Å². The van der Waals surface area contributed by atoms with Gasteiger partial charge in [0.1, 0.15) is 6.61 Å². The lowest BCUT2D eigenvalue weighted by Gasteiger charge is -2.15. The van der Waals surface area contributed by atoms with Crippen molar-refractivity contribution in [1.82, 2.24) is 0 Å². The number of hydrogen-bond acceptors (Lipinski definition) is 4. The summed E-state index contributed by atoms with van der Waals surface area (Å²) in [6.07, 6.45) is -0.341. The number of fused-ring (bicyclic) bond motifs is 3. The number of hydrogen-bond donors (Lipinski definition) is 2. The van der Waals surface area contributed by atoms with Gasteiger partial charge in [0.25, 0.3) is 0 Å². The molecule has 3 N–H and O–H groups in total. The number of carboxylic acids is 1. The molecule has 1 aliphatic rings. The third kappa shape index (κ3) is 3.31. The van der Waals surface area contributed by atoms with Crippen LogP contribution in [0.3, 0.4) is 0 Å². The Kier molecular flexibility index (Phi) is 4.62. The van der Waals surface area contributed by atoms with Gasteiger partial charge >= 0.3 is 11.9 Å². The number of nitrogens with two attached hydrogens (primary N) is 1. The van der Waals surface area contributed by atoms with Gasteiger partial charge in [-0.1, -0.05) is 48.5 Å². The number of carbonyl (C=O) groups is 2. The van der Waals surface area contributed by atoms with Crippen molar-refractivity contribution in [2.24, 2.45) is 5.73 Å². The molecule has 0 fully saturated rings. The maximum absolute atomic E-state index is 11.9. The summed E-state index contributed by atoms with van der Waals surface area (Å²) < 4.78 is 5.38. The minimum atomic E-state index is -1.02. The summed E-state index contributed by atoms with van der Waals surface area (Å²) in [5.74, 6) is -1.49. The molecule has 2 aromatic rings. The van der Waals surface area contributed by atoms with Crippen LogP contribution in [0.15, 0.2) is 48.5 Å². The van der Waals surface area contributed by atoms with Crippen LogP contribution in [0.25, 0.3) is 11.1 Å². The minimum absolute atomic E-state index is 0.00273. The van der Waals surface area contributed by atoms with Crippen molar-refractivity contribution in [3.8, 4) is 11.1 Å². The predicted molar refractivity (Wildman–Crippen MR) is 89.5 cm³/mol.